The molecule has 0 bridgehead atoms. The van der Waals surface area contributed by atoms with E-state index in [1.807, 2.05) is 0 Å². The lowest BCUT2D eigenvalue weighted by Crippen LogP contribution is -2.20. The molecule has 1 aromatic rings. The maximum absolute atomic E-state index is 13.2. The predicted molar refractivity (Wildman–Crippen MR) is 61.4 cm³/mol. The molecular formula is C12H14ClFO3. The van der Waals surface area contributed by atoms with Gasteiger partial charge in [-0.15, -0.1) is 0 Å². The number of benzene rings is 1. The highest BCUT2D eigenvalue weighted by atomic mass is 35.5. The monoisotopic (exact) mass is 260 g/mol. The Labute approximate surface area is 104 Å². The minimum Gasteiger partial charge on any atom is -0.393 e. The third-order valence-electron chi connectivity index (χ3n) is 2.61. The maximum Gasteiger partial charge on any atom is 0.160 e. The lowest BCUT2D eigenvalue weighted by molar-refractivity contribution is -0.0698. The SMILES string of the molecule is OC(Cc1ccc(Cl)c(F)c1)CC1OCCO1. The average Bonchev–Trinajstić information content (AvgIpc) is 2.76. The minimum absolute atomic E-state index is 0.0886. The van der Waals surface area contributed by atoms with Gasteiger partial charge in [-0.25, -0.2) is 4.39 Å². The van der Waals surface area contributed by atoms with E-state index in [4.69, 9.17) is 21.1 Å². The number of aliphatic hydroxyl groups is 1. The zero-order valence-corrected chi connectivity index (χ0v) is 9.99. The number of aliphatic hydroxyl groups excluding tert-OH is 1. The van der Waals surface area contributed by atoms with Gasteiger partial charge in [-0.3, -0.25) is 0 Å². The van der Waals surface area contributed by atoms with Gasteiger partial charge in [0.1, 0.15) is 5.82 Å². The second-order valence-corrected chi connectivity index (χ2v) is 4.42. The summed E-state index contributed by atoms with van der Waals surface area (Å²) in [6.45, 7) is 1.12. The molecule has 1 aliphatic rings. The first-order valence-corrected chi connectivity index (χ1v) is 5.88. The summed E-state index contributed by atoms with van der Waals surface area (Å²) in [5.41, 5.74) is 0.706. The first-order chi connectivity index (χ1) is 8.15. The Kier molecular flexibility index (Phi) is 4.34. The molecule has 0 radical (unpaired) electrons. The van der Waals surface area contributed by atoms with Gasteiger partial charge in [0.25, 0.3) is 0 Å². The zero-order valence-electron chi connectivity index (χ0n) is 9.23. The van der Waals surface area contributed by atoms with Crippen LogP contribution in [0.3, 0.4) is 0 Å². The highest BCUT2D eigenvalue weighted by molar-refractivity contribution is 6.30. The fourth-order valence-corrected chi connectivity index (χ4v) is 1.91. The molecule has 1 fully saturated rings. The van der Waals surface area contributed by atoms with Crippen LogP contribution in [0, 0.1) is 5.82 Å². The van der Waals surface area contributed by atoms with E-state index >= 15 is 0 Å². The molecule has 2 rings (SSSR count). The van der Waals surface area contributed by atoms with Gasteiger partial charge >= 0.3 is 0 Å². The smallest absolute Gasteiger partial charge is 0.160 e. The van der Waals surface area contributed by atoms with Gasteiger partial charge in [0.15, 0.2) is 6.29 Å². The molecule has 94 valence electrons. The van der Waals surface area contributed by atoms with E-state index in [1.54, 1.807) is 6.07 Å². The van der Waals surface area contributed by atoms with Crippen LogP contribution >= 0.6 is 11.6 Å². The van der Waals surface area contributed by atoms with Crippen molar-refractivity contribution in [1.29, 1.82) is 0 Å². The zero-order chi connectivity index (χ0) is 12.3. The lowest BCUT2D eigenvalue weighted by atomic mass is 10.1. The van der Waals surface area contributed by atoms with Crippen molar-refractivity contribution in [2.45, 2.75) is 25.2 Å². The van der Waals surface area contributed by atoms with Crippen LogP contribution in [0.25, 0.3) is 0 Å². The number of rotatable bonds is 4. The first kappa shape index (κ1) is 12.8. The summed E-state index contributed by atoms with van der Waals surface area (Å²) in [5.74, 6) is -0.468. The van der Waals surface area contributed by atoms with E-state index in [2.05, 4.69) is 0 Å². The number of halogens is 2. The predicted octanol–water partition coefficient (Wildman–Crippen LogP) is 2.15. The molecule has 1 aromatic carbocycles. The summed E-state index contributed by atoms with van der Waals surface area (Å²) in [7, 11) is 0. The maximum atomic E-state index is 13.2. The highest BCUT2D eigenvalue weighted by Gasteiger charge is 2.20. The Morgan fingerprint density at radius 3 is 2.76 bits per heavy atom. The molecular weight excluding hydrogens is 247 g/mol. The molecule has 3 nitrogen and oxygen atoms in total. The van der Waals surface area contributed by atoms with Crippen molar-refractivity contribution in [2.24, 2.45) is 0 Å². The van der Waals surface area contributed by atoms with Crippen molar-refractivity contribution in [1.82, 2.24) is 0 Å². The van der Waals surface area contributed by atoms with Gasteiger partial charge in [-0.1, -0.05) is 17.7 Å². The summed E-state index contributed by atoms with van der Waals surface area (Å²) in [6.07, 6.45) is -0.206. The summed E-state index contributed by atoms with van der Waals surface area (Å²) in [6, 6.07) is 4.52. The molecule has 0 spiro atoms. The largest absolute Gasteiger partial charge is 0.393 e. The molecule has 17 heavy (non-hydrogen) atoms. The minimum atomic E-state index is -0.612. The van der Waals surface area contributed by atoms with Crippen molar-refractivity contribution in [3.05, 3.63) is 34.6 Å². The third-order valence-corrected chi connectivity index (χ3v) is 2.92. The van der Waals surface area contributed by atoms with Gasteiger partial charge in [0.05, 0.1) is 24.3 Å². The van der Waals surface area contributed by atoms with E-state index < -0.39 is 11.9 Å². The van der Waals surface area contributed by atoms with Crippen LogP contribution in [0.15, 0.2) is 18.2 Å². The van der Waals surface area contributed by atoms with Crippen molar-refractivity contribution in [3.63, 3.8) is 0 Å². The average molecular weight is 261 g/mol. The van der Waals surface area contributed by atoms with E-state index in [0.717, 1.165) is 0 Å². The van der Waals surface area contributed by atoms with Gasteiger partial charge in [0.2, 0.25) is 0 Å². The lowest BCUT2D eigenvalue weighted by Gasteiger charge is -2.14. The van der Waals surface area contributed by atoms with Crippen molar-refractivity contribution >= 4 is 11.6 Å². The third kappa shape index (κ3) is 3.64. The molecule has 0 aromatic heterocycles. The molecule has 0 saturated carbocycles. The van der Waals surface area contributed by atoms with Crippen molar-refractivity contribution in [3.8, 4) is 0 Å². The van der Waals surface area contributed by atoms with Gasteiger partial charge in [0, 0.05) is 6.42 Å². The fourth-order valence-electron chi connectivity index (χ4n) is 1.79. The van der Waals surface area contributed by atoms with Crippen LogP contribution in [0.5, 0.6) is 0 Å². The van der Waals surface area contributed by atoms with Crippen LogP contribution in [0.4, 0.5) is 4.39 Å². The Morgan fingerprint density at radius 2 is 2.12 bits per heavy atom. The Balaban J connectivity index is 1.88. The van der Waals surface area contributed by atoms with Gasteiger partial charge < -0.3 is 14.6 Å². The van der Waals surface area contributed by atoms with Crippen LogP contribution in [0.1, 0.15) is 12.0 Å². The molecule has 1 unspecified atom stereocenters. The molecule has 0 aliphatic carbocycles. The molecule has 1 N–H and O–H groups in total. The van der Waals surface area contributed by atoms with E-state index in [9.17, 15) is 9.50 Å². The second kappa shape index (κ2) is 5.78. The Hall–Kier alpha value is -0.680. The molecule has 0 amide bonds. The Morgan fingerprint density at radius 1 is 1.41 bits per heavy atom. The van der Waals surface area contributed by atoms with E-state index in [-0.39, 0.29) is 11.3 Å². The quantitative estimate of drug-likeness (QED) is 0.902. The molecule has 5 heteroatoms. The normalized spacial score (nSPS) is 18.5. The van der Waals surface area contributed by atoms with Crippen LogP contribution < -0.4 is 0 Å². The number of hydrogen-bond donors (Lipinski definition) is 1. The standard InChI is InChI=1S/C12H14ClFO3/c13-10-2-1-8(6-11(10)14)5-9(15)7-12-16-3-4-17-12/h1-2,6,9,12,15H,3-5,7H2. The Bertz CT molecular complexity index is 380. The summed E-state index contributed by atoms with van der Waals surface area (Å²) >= 11 is 5.58. The molecule has 1 heterocycles. The van der Waals surface area contributed by atoms with Crippen molar-refractivity contribution < 1.29 is 19.0 Å². The van der Waals surface area contributed by atoms with Crippen LogP contribution in [0.2, 0.25) is 5.02 Å². The topological polar surface area (TPSA) is 38.7 Å². The number of ether oxygens (including phenoxy) is 2. The highest BCUT2D eigenvalue weighted by Crippen LogP contribution is 2.18. The van der Waals surface area contributed by atoms with E-state index in [0.29, 0.717) is 31.6 Å². The second-order valence-electron chi connectivity index (χ2n) is 4.01. The molecule has 1 atom stereocenters. The van der Waals surface area contributed by atoms with Gasteiger partial charge in [-0.05, 0) is 24.1 Å². The van der Waals surface area contributed by atoms with Gasteiger partial charge in [-0.2, -0.15) is 0 Å². The fraction of sp³-hybridized carbons (Fsp3) is 0.500. The summed E-state index contributed by atoms with van der Waals surface area (Å²) in [5, 5.41) is 9.90. The summed E-state index contributed by atoms with van der Waals surface area (Å²) < 4.78 is 23.6. The van der Waals surface area contributed by atoms with Crippen molar-refractivity contribution in [2.75, 3.05) is 13.2 Å². The van der Waals surface area contributed by atoms with Crippen LogP contribution in [-0.4, -0.2) is 30.7 Å². The molecule has 1 saturated heterocycles. The van der Waals surface area contributed by atoms with Crippen LogP contribution in [-0.2, 0) is 15.9 Å². The van der Waals surface area contributed by atoms with E-state index in [1.165, 1.54) is 12.1 Å². The number of hydrogen-bond acceptors (Lipinski definition) is 3. The first-order valence-electron chi connectivity index (χ1n) is 5.50. The molecule has 1 aliphatic heterocycles. The summed E-state index contributed by atoms with van der Waals surface area (Å²) in [4.78, 5) is 0.